The van der Waals surface area contributed by atoms with Gasteiger partial charge in [0.2, 0.25) is 0 Å². The topological polar surface area (TPSA) is 79.8 Å². The third-order valence-electron chi connectivity index (χ3n) is 5.27. The summed E-state index contributed by atoms with van der Waals surface area (Å²) in [5.41, 5.74) is 3.90. The second-order valence-corrected chi connectivity index (χ2v) is 7.39. The van der Waals surface area contributed by atoms with E-state index in [1.807, 2.05) is 36.4 Å². The monoisotopic (exact) mass is 425 g/mol. The molecule has 0 saturated heterocycles. The average Bonchev–Trinajstić information content (AvgIpc) is 2.83. The van der Waals surface area contributed by atoms with E-state index in [1.54, 1.807) is 44.5 Å². The summed E-state index contributed by atoms with van der Waals surface area (Å²) in [4.78, 5) is 24.8. The van der Waals surface area contributed by atoms with Crippen molar-refractivity contribution in [3.63, 3.8) is 0 Å². The van der Waals surface area contributed by atoms with Crippen LogP contribution in [0.25, 0.3) is 21.5 Å². The number of carbonyl (C=O) groups excluding carboxylic acids is 2. The first-order valence-electron chi connectivity index (χ1n) is 10.2. The van der Waals surface area contributed by atoms with Crippen LogP contribution in [-0.4, -0.2) is 31.2 Å². The Morgan fingerprint density at radius 3 is 2.09 bits per heavy atom. The van der Waals surface area contributed by atoms with Gasteiger partial charge in [0.25, 0.3) is 11.8 Å². The Balaban J connectivity index is 1.48. The maximum absolute atomic E-state index is 12.5. The molecule has 0 bridgehead atoms. The van der Waals surface area contributed by atoms with E-state index in [-0.39, 0.29) is 5.91 Å². The number of hydrogen-bond acceptors (Lipinski definition) is 4. The Hall–Kier alpha value is -4.19. The number of carbonyl (C=O) groups is 2. The standard InChI is InChI=1S/C26H23N3O3/c1-17(28-26(31)18-11-13-21(32-2)14-12-18)25(30)29-27-16-24-22-9-5-3-7-19(22)15-20-8-4-6-10-23(20)24/h3-17H,1-2H3,(H,28,31)(H,29,30). The molecule has 0 spiro atoms. The molecule has 1 atom stereocenters. The molecule has 4 rings (SSSR count). The molecule has 0 aliphatic carbocycles. The van der Waals surface area contributed by atoms with Gasteiger partial charge >= 0.3 is 0 Å². The fraction of sp³-hybridized carbons (Fsp3) is 0.115. The highest BCUT2D eigenvalue weighted by molar-refractivity contribution is 6.13. The van der Waals surface area contributed by atoms with Crippen molar-refractivity contribution >= 4 is 39.6 Å². The number of benzene rings is 4. The molecule has 0 aliphatic rings. The number of nitrogens with zero attached hydrogens (tertiary/aromatic N) is 1. The molecule has 0 radical (unpaired) electrons. The predicted octanol–water partition coefficient (Wildman–Crippen LogP) is 4.27. The van der Waals surface area contributed by atoms with E-state index in [4.69, 9.17) is 4.74 Å². The first kappa shape index (κ1) is 21.1. The molecule has 2 N–H and O–H groups in total. The smallest absolute Gasteiger partial charge is 0.262 e. The van der Waals surface area contributed by atoms with Crippen LogP contribution in [0.3, 0.4) is 0 Å². The molecule has 2 amide bonds. The zero-order chi connectivity index (χ0) is 22.5. The molecule has 1 unspecified atom stereocenters. The average molecular weight is 425 g/mol. The molecular formula is C26H23N3O3. The van der Waals surface area contributed by atoms with Gasteiger partial charge in [-0.2, -0.15) is 5.10 Å². The molecule has 0 heterocycles. The van der Waals surface area contributed by atoms with Gasteiger partial charge in [0.1, 0.15) is 11.8 Å². The van der Waals surface area contributed by atoms with E-state index in [0.717, 1.165) is 27.1 Å². The third kappa shape index (κ3) is 4.44. The summed E-state index contributed by atoms with van der Waals surface area (Å²) in [7, 11) is 1.56. The first-order chi connectivity index (χ1) is 15.6. The highest BCUT2D eigenvalue weighted by atomic mass is 16.5. The second-order valence-electron chi connectivity index (χ2n) is 7.39. The third-order valence-corrected chi connectivity index (χ3v) is 5.27. The van der Waals surface area contributed by atoms with Crippen LogP contribution in [0.4, 0.5) is 0 Å². The molecule has 0 fully saturated rings. The maximum Gasteiger partial charge on any atom is 0.262 e. The number of fused-ring (bicyclic) bond motifs is 2. The number of methoxy groups -OCH3 is 1. The molecular weight excluding hydrogens is 402 g/mol. The molecule has 160 valence electrons. The van der Waals surface area contributed by atoms with Crippen molar-refractivity contribution in [3.8, 4) is 5.75 Å². The summed E-state index contributed by atoms with van der Waals surface area (Å²) >= 11 is 0. The molecule has 32 heavy (non-hydrogen) atoms. The van der Waals surface area contributed by atoms with Gasteiger partial charge in [-0.05, 0) is 58.8 Å². The summed E-state index contributed by atoms with van der Waals surface area (Å²) < 4.78 is 5.09. The Kier molecular flexibility index (Phi) is 6.12. The van der Waals surface area contributed by atoms with Crippen molar-refractivity contribution in [2.75, 3.05) is 7.11 Å². The van der Waals surface area contributed by atoms with Gasteiger partial charge in [0.05, 0.1) is 13.3 Å². The van der Waals surface area contributed by atoms with Gasteiger partial charge in [-0.25, -0.2) is 5.43 Å². The van der Waals surface area contributed by atoms with Crippen LogP contribution in [0.2, 0.25) is 0 Å². The SMILES string of the molecule is COc1ccc(C(=O)NC(C)C(=O)NN=Cc2c3ccccc3cc3ccccc23)cc1. The van der Waals surface area contributed by atoms with Crippen molar-refractivity contribution < 1.29 is 14.3 Å². The number of amides is 2. The Bertz CT molecular complexity index is 1260. The second kappa shape index (κ2) is 9.31. The van der Waals surface area contributed by atoms with Gasteiger partial charge in [-0.15, -0.1) is 0 Å². The highest BCUT2D eigenvalue weighted by Crippen LogP contribution is 2.27. The summed E-state index contributed by atoms with van der Waals surface area (Å²) in [5.74, 6) is -0.102. The first-order valence-corrected chi connectivity index (χ1v) is 10.2. The van der Waals surface area contributed by atoms with Crippen molar-refractivity contribution in [1.82, 2.24) is 10.7 Å². The Labute approximate surface area is 185 Å². The van der Waals surface area contributed by atoms with Crippen LogP contribution in [0.5, 0.6) is 5.75 Å². The van der Waals surface area contributed by atoms with E-state index in [9.17, 15) is 9.59 Å². The summed E-state index contributed by atoms with van der Waals surface area (Å²) in [6.45, 7) is 1.61. The molecule has 4 aromatic rings. The van der Waals surface area contributed by atoms with E-state index < -0.39 is 11.9 Å². The minimum atomic E-state index is -0.758. The van der Waals surface area contributed by atoms with Gasteiger partial charge in [0.15, 0.2) is 0 Å². The molecule has 0 saturated carbocycles. The minimum absolute atomic E-state index is 0.348. The molecule has 0 aromatic heterocycles. The quantitative estimate of drug-likeness (QED) is 0.275. The van der Waals surface area contributed by atoms with Crippen molar-refractivity contribution in [2.45, 2.75) is 13.0 Å². The number of nitrogens with one attached hydrogen (secondary N) is 2. The van der Waals surface area contributed by atoms with Crippen LogP contribution >= 0.6 is 0 Å². The highest BCUT2D eigenvalue weighted by Gasteiger charge is 2.16. The van der Waals surface area contributed by atoms with Gasteiger partial charge in [0, 0.05) is 11.1 Å². The fourth-order valence-electron chi connectivity index (χ4n) is 3.53. The van der Waals surface area contributed by atoms with Crippen molar-refractivity contribution in [1.29, 1.82) is 0 Å². The van der Waals surface area contributed by atoms with Crippen molar-refractivity contribution in [3.05, 3.63) is 90.0 Å². The van der Waals surface area contributed by atoms with E-state index in [2.05, 4.69) is 34.0 Å². The molecule has 6 nitrogen and oxygen atoms in total. The predicted molar refractivity (Wildman–Crippen MR) is 127 cm³/mol. The summed E-state index contributed by atoms with van der Waals surface area (Å²) in [5, 5.41) is 11.1. The maximum atomic E-state index is 12.5. The largest absolute Gasteiger partial charge is 0.497 e. The number of rotatable bonds is 6. The normalized spacial score (nSPS) is 12.1. The van der Waals surface area contributed by atoms with Gasteiger partial charge in [-0.3, -0.25) is 9.59 Å². The van der Waals surface area contributed by atoms with Crippen molar-refractivity contribution in [2.24, 2.45) is 5.10 Å². The lowest BCUT2D eigenvalue weighted by Gasteiger charge is -2.12. The lowest BCUT2D eigenvalue weighted by molar-refractivity contribution is -0.122. The zero-order valence-electron chi connectivity index (χ0n) is 17.8. The zero-order valence-corrected chi connectivity index (χ0v) is 17.8. The number of ether oxygens (including phenoxy) is 1. The fourth-order valence-corrected chi connectivity index (χ4v) is 3.53. The summed E-state index contributed by atoms with van der Waals surface area (Å²) in [6.07, 6.45) is 1.65. The molecule has 0 aliphatic heterocycles. The Morgan fingerprint density at radius 2 is 1.50 bits per heavy atom. The lowest BCUT2D eigenvalue weighted by Crippen LogP contribution is -2.43. The van der Waals surface area contributed by atoms with Gasteiger partial charge in [-0.1, -0.05) is 48.5 Å². The van der Waals surface area contributed by atoms with Crippen LogP contribution in [0.1, 0.15) is 22.8 Å². The van der Waals surface area contributed by atoms with Crippen LogP contribution in [-0.2, 0) is 4.79 Å². The van der Waals surface area contributed by atoms with Gasteiger partial charge < -0.3 is 10.1 Å². The molecule has 6 heteroatoms. The lowest BCUT2D eigenvalue weighted by atomic mass is 9.97. The minimum Gasteiger partial charge on any atom is -0.497 e. The molecule has 4 aromatic carbocycles. The van der Waals surface area contributed by atoms with Crippen LogP contribution in [0, 0.1) is 0 Å². The van der Waals surface area contributed by atoms with E-state index in [1.165, 1.54) is 0 Å². The summed E-state index contributed by atoms with van der Waals surface area (Å²) in [6, 6.07) is 24.1. The van der Waals surface area contributed by atoms with E-state index in [0.29, 0.717) is 11.3 Å². The number of hydrogen-bond donors (Lipinski definition) is 2. The van der Waals surface area contributed by atoms with Crippen LogP contribution < -0.4 is 15.5 Å². The van der Waals surface area contributed by atoms with E-state index >= 15 is 0 Å². The Morgan fingerprint density at radius 1 is 0.906 bits per heavy atom. The number of hydrazone groups is 1. The van der Waals surface area contributed by atoms with Crippen LogP contribution in [0.15, 0.2) is 84.0 Å².